The van der Waals surface area contributed by atoms with Gasteiger partial charge in [0.25, 0.3) is 0 Å². The summed E-state index contributed by atoms with van der Waals surface area (Å²) >= 11 is 11.8. The van der Waals surface area contributed by atoms with Crippen LogP contribution in [0, 0.1) is 11.3 Å². The lowest BCUT2D eigenvalue weighted by Crippen LogP contribution is -2.20. The van der Waals surface area contributed by atoms with E-state index in [0.29, 0.717) is 6.42 Å². The van der Waals surface area contributed by atoms with Crippen molar-refractivity contribution in [1.82, 2.24) is 14.8 Å². The molecule has 0 N–H and O–H groups in total. The topological polar surface area (TPSA) is 99.3 Å². The minimum absolute atomic E-state index is 0.0600. The first-order chi connectivity index (χ1) is 15.0. The maximum Gasteiger partial charge on any atom is 0.435 e. The number of pyridine rings is 1. The van der Waals surface area contributed by atoms with Crippen molar-refractivity contribution < 1.29 is 32.2 Å². The molecule has 0 aliphatic heterocycles. The van der Waals surface area contributed by atoms with Gasteiger partial charge in [0.05, 0.1) is 10.6 Å². The maximum atomic E-state index is 13.6. The summed E-state index contributed by atoms with van der Waals surface area (Å²) in [5.41, 5.74) is -2.18. The van der Waals surface area contributed by atoms with Crippen LogP contribution in [0.25, 0.3) is 5.76 Å². The lowest BCUT2D eigenvalue weighted by atomic mass is 10.2. The second-order valence-electron chi connectivity index (χ2n) is 6.25. The fourth-order valence-electron chi connectivity index (χ4n) is 2.41. The summed E-state index contributed by atoms with van der Waals surface area (Å²) in [6.07, 6.45) is -4.58. The molecule has 0 saturated carbocycles. The monoisotopic (exact) mass is 492 g/mol. The number of carbonyl (C=O) groups excluding carboxylic acids is 1. The van der Waals surface area contributed by atoms with Gasteiger partial charge in [-0.05, 0) is 12.5 Å². The third kappa shape index (κ3) is 6.27. The highest BCUT2D eigenvalue weighted by molar-refractivity contribution is 6.31. The summed E-state index contributed by atoms with van der Waals surface area (Å²) in [6, 6.07) is 4.30. The zero-order valence-electron chi connectivity index (χ0n) is 17.0. The lowest BCUT2D eigenvalue weighted by Gasteiger charge is -2.19. The van der Waals surface area contributed by atoms with E-state index in [9.17, 15) is 23.2 Å². The number of rotatable bonds is 8. The maximum absolute atomic E-state index is 13.6. The van der Waals surface area contributed by atoms with E-state index in [1.54, 1.807) is 13.0 Å². The molecule has 8 nitrogen and oxygen atoms in total. The summed E-state index contributed by atoms with van der Waals surface area (Å²) in [5, 5.41) is 12.8. The van der Waals surface area contributed by atoms with E-state index in [1.807, 2.05) is 0 Å². The number of aryl methyl sites for hydroxylation is 1. The standard InChI is InChI=1S/C19H17Cl2F3N4O4/c1-4-5-14(29)30-10(2)31-16(12(8-25)32-13-7-6-11(20)9-26-13)15-17(19(22,23)24)27-28(3)18(15)21/h6-7,9-10H,4-5H2,1-3H3/b16-12-. The second kappa shape index (κ2) is 10.6. The van der Waals surface area contributed by atoms with Crippen molar-refractivity contribution >= 4 is 34.9 Å². The SMILES string of the molecule is CCCC(=O)OC(C)O/C(=C(/C#N)Oc1ccc(Cl)cn1)c1c(C(F)(F)F)nn(C)c1Cl. The summed E-state index contributed by atoms with van der Waals surface area (Å²) in [5.74, 6) is -2.26. The highest BCUT2D eigenvalue weighted by atomic mass is 35.5. The van der Waals surface area contributed by atoms with Crippen LogP contribution in [0.4, 0.5) is 13.2 Å². The average molecular weight is 493 g/mol. The van der Waals surface area contributed by atoms with Gasteiger partial charge < -0.3 is 14.2 Å². The van der Waals surface area contributed by atoms with E-state index < -0.39 is 46.4 Å². The first-order valence-corrected chi connectivity index (χ1v) is 9.83. The molecule has 0 aliphatic rings. The van der Waals surface area contributed by atoms with Crippen LogP contribution in [0.1, 0.15) is 37.9 Å². The number of alkyl halides is 3. The Balaban J connectivity index is 2.62. The molecule has 0 saturated heterocycles. The van der Waals surface area contributed by atoms with Gasteiger partial charge in [0.15, 0.2) is 11.5 Å². The van der Waals surface area contributed by atoms with E-state index in [4.69, 9.17) is 37.4 Å². The number of ether oxygens (including phenoxy) is 3. The molecule has 0 fully saturated rings. The molecule has 0 spiro atoms. The molecular weight excluding hydrogens is 476 g/mol. The Morgan fingerprint density at radius 3 is 2.53 bits per heavy atom. The van der Waals surface area contributed by atoms with Gasteiger partial charge in [-0.25, -0.2) is 4.98 Å². The molecule has 0 bridgehead atoms. The normalized spacial score (nSPS) is 13.1. The van der Waals surface area contributed by atoms with Crippen molar-refractivity contribution in [1.29, 1.82) is 5.26 Å². The average Bonchev–Trinajstić information content (AvgIpc) is 3.01. The predicted octanol–water partition coefficient (Wildman–Crippen LogP) is 5.12. The molecule has 2 aromatic rings. The van der Waals surface area contributed by atoms with Crippen LogP contribution in [-0.4, -0.2) is 27.0 Å². The molecular formula is C19H17Cl2F3N4O4. The lowest BCUT2D eigenvalue weighted by molar-refractivity contribution is -0.164. The van der Waals surface area contributed by atoms with E-state index in [0.717, 1.165) is 4.68 Å². The van der Waals surface area contributed by atoms with Crippen LogP contribution in [-0.2, 0) is 27.5 Å². The Hall–Kier alpha value is -2.97. The Kier molecular flexibility index (Phi) is 8.35. The quantitative estimate of drug-likeness (QED) is 0.218. The number of allylic oxidation sites excluding steroid dienone is 1. The van der Waals surface area contributed by atoms with Crippen LogP contribution in [0.15, 0.2) is 24.1 Å². The van der Waals surface area contributed by atoms with Gasteiger partial charge in [-0.1, -0.05) is 30.1 Å². The summed E-state index contributed by atoms with van der Waals surface area (Å²) < 4.78 is 57.5. The summed E-state index contributed by atoms with van der Waals surface area (Å²) in [4.78, 5) is 15.6. The fourth-order valence-corrected chi connectivity index (χ4v) is 2.74. The molecule has 0 radical (unpaired) electrons. The van der Waals surface area contributed by atoms with Gasteiger partial charge in [0, 0.05) is 32.7 Å². The molecule has 2 aromatic heterocycles. The van der Waals surface area contributed by atoms with Crippen molar-refractivity contribution in [2.45, 2.75) is 39.2 Å². The van der Waals surface area contributed by atoms with Crippen LogP contribution in [0.3, 0.4) is 0 Å². The van der Waals surface area contributed by atoms with Gasteiger partial charge in [-0.15, -0.1) is 0 Å². The first-order valence-electron chi connectivity index (χ1n) is 9.07. The number of carbonyl (C=O) groups is 1. The van der Waals surface area contributed by atoms with Crippen molar-refractivity contribution in [3.63, 3.8) is 0 Å². The summed E-state index contributed by atoms with van der Waals surface area (Å²) in [6.45, 7) is 3.00. The Morgan fingerprint density at radius 2 is 2.00 bits per heavy atom. The zero-order valence-corrected chi connectivity index (χ0v) is 18.5. The van der Waals surface area contributed by atoms with Gasteiger partial charge in [-0.2, -0.15) is 23.5 Å². The van der Waals surface area contributed by atoms with Gasteiger partial charge in [-0.3, -0.25) is 9.48 Å². The van der Waals surface area contributed by atoms with Gasteiger partial charge >= 0.3 is 12.1 Å². The van der Waals surface area contributed by atoms with Crippen molar-refractivity contribution in [2.75, 3.05) is 0 Å². The van der Waals surface area contributed by atoms with Gasteiger partial charge in [0.2, 0.25) is 17.9 Å². The van der Waals surface area contributed by atoms with Gasteiger partial charge in [0.1, 0.15) is 11.2 Å². The molecule has 0 amide bonds. The minimum atomic E-state index is -4.95. The predicted molar refractivity (Wildman–Crippen MR) is 107 cm³/mol. The molecule has 0 aromatic carbocycles. The summed E-state index contributed by atoms with van der Waals surface area (Å²) in [7, 11) is 1.18. The molecule has 32 heavy (non-hydrogen) atoms. The minimum Gasteiger partial charge on any atom is -0.450 e. The molecule has 172 valence electrons. The molecule has 13 heteroatoms. The molecule has 1 atom stereocenters. The van der Waals surface area contributed by atoms with Crippen LogP contribution in [0.2, 0.25) is 10.2 Å². The Bertz CT molecular complexity index is 1050. The Labute approximate surface area is 191 Å². The number of hydrogen-bond acceptors (Lipinski definition) is 7. The number of aromatic nitrogens is 3. The fraction of sp³-hybridized carbons (Fsp3) is 0.368. The van der Waals surface area contributed by atoms with E-state index >= 15 is 0 Å². The zero-order chi connectivity index (χ0) is 24.1. The van der Waals surface area contributed by atoms with Crippen LogP contribution in [0.5, 0.6) is 5.88 Å². The van der Waals surface area contributed by atoms with Crippen molar-refractivity contribution in [2.24, 2.45) is 7.05 Å². The molecule has 1 unspecified atom stereocenters. The number of halogens is 5. The first kappa shape index (κ1) is 25.3. The number of nitriles is 1. The van der Waals surface area contributed by atoms with E-state index in [-0.39, 0.29) is 17.3 Å². The third-order valence-corrected chi connectivity index (χ3v) is 4.38. The smallest absolute Gasteiger partial charge is 0.435 e. The highest BCUT2D eigenvalue weighted by Crippen LogP contribution is 2.40. The molecule has 2 rings (SSSR count). The van der Waals surface area contributed by atoms with E-state index in [1.165, 1.54) is 32.3 Å². The number of hydrogen-bond donors (Lipinski definition) is 0. The number of esters is 1. The van der Waals surface area contributed by atoms with Crippen molar-refractivity contribution in [3.05, 3.63) is 45.5 Å². The van der Waals surface area contributed by atoms with Crippen molar-refractivity contribution in [3.8, 4) is 11.9 Å². The van der Waals surface area contributed by atoms with Crippen LogP contribution >= 0.6 is 23.2 Å². The third-order valence-electron chi connectivity index (χ3n) is 3.72. The van der Waals surface area contributed by atoms with E-state index in [2.05, 4.69) is 10.1 Å². The highest BCUT2D eigenvalue weighted by Gasteiger charge is 2.42. The van der Waals surface area contributed by atoms with Crippen LogP contribution < -0.4 is 4.74 Å². The number of nitrogens with zero attached hydrogens (tertiary/aromatic N) is 4. The largest absolute Gasteiger partial charge is 0.450 e. The molecule has 2 heterocycles. The molecule has 0 aliphatic carbocycles. The Morgan fingerprint density at radius 1 is 1.31 bits per heavy atom. The second-order valence-corrected chi connectivity index (χ2v) is 7.04.